The van der Waals surface area contributed by atoms with Crippen LogP contribution in [0.5, 0.6) is 0 Å². The smallest absolute Gasteiger partial charge is 0.204 e. The van der Waals surface area contributed by atoms with Gasteiger partial charge in [0.05, 0.1) is 5.41 Å². The largest absolute Gasteiger partial charge is 0.361 e. The highest BCUT2D eigenvalue weighted by Gasteiger charge is 2.51. The van der Waals surface area contributed by atoms with E-state index in [1.54, 1.807) is 12.1 Å². The van der Waals surface area contributed by atoms with Crippen LogP contribution in [0.2, 0.25) is 0 Å². The second kappa shape index (κ2) is 6.60. The van der Waals surface area contributed by atoms with Gasteiger partial charge in [-0.15, -0.1) is 0 Å². The zero-order chi connectivity index (χ0) is 17.0. The van der Waals surface area contributed by atoms with E-state index in [-0.39, 0.29) is 0 Å². The highest BCUT2D eigenvalue weighted by atomic mass is 16.5. The molecular weight excluding hydrogens is 296 g/mol. The molecule has 0 saturated carbocycles. The molecule has 2 N–H and O–H groups in total. The molecule has 0 atom stereocenters. The molecule has 3 rings (SSSR count). The summed E-state index contributed by atoms with van der Waals surface area (Å²) in [6.07, 6.45) is 0.545. The monoisotopic (exact) mass is 318 g/mol. The fraction of sp³-hybridized carbons (Fsp3) is 0.182. The maximum Gasteiger partial charge on any atom is 0.204 e. The van der Waals surface area contributed by atoms with E-state index in [0.717, 1.165) is 11.1 Å². The first-order valence-electron chi connectivity index (χ1n) is 8.24. The minimum atomic E-state index is -2.04. The van der Waals surface area contributed by atoms with Crippen molar-refractivity contribution in [1.29, 1.82) is 0 Å². The molecule has 0 aromatic heterocycles. The van der Waals surface area contributed by atoms with E-state index in [1.807, 2.05) is 85.8 Å². The molecule has 0 aliphatic rings. The quantitative estimate of drug-likeness (QED) is 0.692. The molecule has 3 aromatic carbocycles. The molecule has 2 nitrogen and oxygen atoms in total. The summed E-state index contributed by atoms with van der Waals surface area (Å²) >= 11 is 0. The molecule has 0 saturated heterocycles. The summed E-state index contributed by atoms with van der Waals surface area (Å²) in [6, 6.07) is 28.5. The molecule has 0 spiro atoms. The molecular formula is C22H22O2. The van der Waals surface area contributed by atoms with Crippen molar-refractivity contribution in [2.75, 3.05) is 0 Å². The van der Waals surface area contributed by atoms with Gasteiger partial charge in [0.2, 0.25) is 5.79 Å². The van der Waals surface area contributed by atoms with E-state index in [9.17, 15) is 10.2 Å². The van der Waals surface area contributed by atoms with E-state index in [2.05, 4.69) is 0 Å². The first-order chi connectivity index (χ1) is 11.6. The lowest BCUT2D eigenvalue weighted by Gasteiger charge is -2.44. The average Bonchev–Trinajstić information content (AvgIpc) is 2.65. The standard InChI is InChI=1S/C22H22O2/c1-2-21(18-12-6-3-7-13-18,19-14-8-4-9-15-19)22(23,24)20-16-10-5-11-17-20/h3-17,23-24H,2H2,1H3. The summed E-state index contributed by atoms with van der Waals surface area (Å²) in [5.74, 6) is -2.04. The predicted molar refractivity (Wildman–Crippen MR) is 96.5 cm³/mol. The van der Waals surface area contributed by atoms with E-state index in [1.165, 1.54) is 0 Å². The zero-order valence-electron chi connectivity index (χ0n) is 13.8. The third-order valence-electron chi connectivity index (χ3n) is 4.83. The summed E-state index contributed by atoms with van der Waals surface area (Å²) in [5, 5.41) is 22.7. The van der Waals surface area contributed by atoms with Crippen molar-refractivity contribution in [1.82, 2.24) is 0 Å². The van der Waals surface area contributed by atoms with Crippen LogP contribution >= 0.6 is 0 Å². The lowest BCUT2D eigenvalue weighted by molar-refractivity contribution is -0.214. The van der Waals surface area contributed by atoms with Gasteiger partial charge < -0.3 is 10.2 Å². The van der Waals surface area contributed by atoms with E-state index in [0.29, 0.717) is 12.0 Å². The van der Waals surface area contributed by atoms with Gasteiger partial charge in [0, 0.05) is 5.56 Å². The molecule has 3 aromatic rings. The van der Waals surface area contributed by atoms with Crippen LogP contribution in [0.25, 0.3) is 0 Å². The summed E-state index contributed by atoms with van der Waals surface area (Å²) in [5.41, 5.74) is 1.29. The van der Waals surface area contributed by atoms with Crippen LogP contribution < -0.4 is 0 Å². The second-order valence-corrected chi connectivity index (χ2v) is 6.03. The van der Waals surface area contributed by atoms with Crippen LogP contribution in [-0.4, -0.2) is 10.2 Å². The minimum Gasteiger partial charge on any atom is -0.361 e. The Morgan fingerprint density at radius 1 is 0.583 bits per heavy atom. The lowest BCUT2D eigenvalue weighted by Crippen LogP contribution is -2.50. The zero-order valence-corrected chi connectivity index (χ0v) is 13.8. The third-order valence-corrected chi connectivity index (χ3v) is 4.83. The highest BCUT2D eigenvalue weighted by molar-refractivity contribution is 5.45. The number of hydrogen-bond donors (Lipinski definition) is 2. The van der Waals surface area contributed by atoms with Crippen molar-refractivity contribution in [2.24, 2.45) is 0 Å². The Bertz CT molecular complexity index is 725. The molecule has 24 heavy (non-hydrogen) atoms. The van der Waals surface area contributed by atoms with Crippen LogP contribution in [0.15, 0.2) is 91.0 Å². The van der Waals surface area contributed by atoms with E-state index >= 15 is 0 Å². The van der Waals surface area contributed by atoms with Crippen LogP contribution in [0.4, 0.5) is 0 Å². The highest BCUT2D eigenvalue weighted by Crippen LogP contribution is 2.48. The predicted octanol–water partition coefficient (Wildman–Crippen LogP) is 4.22. The molecule has 0 radical (unpaired) electrons. The topological polar surface area (TPSA) is 40.5 Å². The van der Waals surface area contributed by atoms with Crippen molar-refractivity contribution in [3.8, 4) is 0 Å². The van der Waals surface area contributed by atoms with Crippen molar-refractivity contribution < 1.29 is 10.2 Å². The van der Waals surface area contributed by atoms with Gasteiger partial charge in [-0.25, -0.2) is 0 Å². The third kappa shape index (κ3) is 2.54. The lowest BCUT2D eigenvalue weighted by atomic mass is 9.64. The van der Waals surface area contributed by atoms with Crippen LogP contribution in [-0.2, 0) is 11.2 Å². The van der Waals surface area contributed by atoms with Gasteiger partial charge in [-0.3, -0.25) is 0 Å². The van der Waals surface area contributed by atoms with Gasteiger partial charge in [-0.1, -0.05) is 97.9 Å². The SMILES string of the molecule is CCC(c1ccccc1)(c1ccccc1)C(O)(O)c1ccccc1. The van der Waals surface area contributed by atoms with Gasteiger partial charge in [0.25, 0.3) is 0 Å². The molecule has 0 unspecified atom stereocenters. The van der Waals surface area contributed by atoms with Crippen molar-refractivity contribution in [3.63, 3.8) is 0 Å². The molecule has 0 aliphatic carbocycles. The second-order valence-electron chi connectivity index (χ2n) is 6.03. The van der Waals surface area contributed by atoms with Crippen molar-refractivity contribution in [2.45, 2.75) is 24.5 Å². The van der Waals surface area contributed by atoms with Crippen molar-refractivity contribution >= 4 is 0 Å². The summed E-state index contributed by atoms with van der Waals surface area (Å²) in [4.78, 5) is 0. The average molecular weight is 318 g/mol. The Labute approximate surface area is 143 Å². The Morgan fingerprint density at radius 2 is 0.917 bits per heavy atom. The summed E-state index contributed by atoms with van der Waals surface area (Å²) in [6.45, 7) is 1.99. The van der Waals surface area contributed by atoms with Crippen molar-refractivity contribution in [3.05, 3.63) is 108 Å². The van der Waals surface area contributed by atoms with Crippen LogP contribution in [0, 0.1) is 0 Å². The summed E-state index contributed by atoms with van der Waals surface area (Å²) < 4.78 is 0. The Hall–Kier alpha value is -2.42. The summed E-state index contributed by atoms with van der Waals surface area (Å²) in [7, 11) is 0. The number of benzene rings is 3. The van der Waals surface area contributed by atoms with E-state index < -0.39 is 11.2 Å². The number of rotatable bonds is 5. The Kier molecular flexibility index (Phi) is 4.52. The van der Waals surface area contributed by atoms with Gasteiger partial charge >= 0.3 is 0 Å². The molecule has 2 heteroatoms. The number of aliphatic hydroxyl groups is 2. The fourth-order valence-electron chi connectivity index (χ4n) is 3.59. The van der Waals surface area contributed by atoms with Crippen LogP contribution in [0.1, 0.15) is 30.0 Å². The number of hydrogen-bond acceptors (Lipinski definition) is 2. The van der Waals surface area contributed by atoms with Gasteiger partial charge in [0.1, 0.15) is 0 Å². The molecule has 122 valence electrons. The van der Waals surface area contributed by atoms with Gasteiger partial charge in [0.15, 0.2) is 0 Å². The van der Waals surface area contributed by atoms with Crippen LogP contribution in [0.3, 0.4) is 0 Å². The fourth-order valence-corrected chi connectivity index (χ4v) is 3.59. The Morgan fingerprint density at radius 3 is 1.25 bits per heavy atom. The normalized spacial score (nSPS) is 12.1. The van der Waals surface area contributed by atoms with E-state index in [4.69, 9.17) is 0 Å². The Balaban J connectivity index is 2.30. The first-order valence-corrected chi connectivity index (χ1v) is 8.24. The minimum absolute atomic E-state index is 0.486. The molecule has 0 heterocycles. The van der Waals surface area contributed by atoms with Gasteiger partial charge in [-0.05, 0) is 17.5 Å². The maximum absolute atomic E-state index is 11.4. The molecule has 0 fully saturated rings. The van der Waals surface area contributed by atoms with Gasteiger partial charge in [-0.2, -0.15) is 0 Å². The molecule has 0 aliphatic heterocycles. The first kappa shape index (κ1) is 16.4. The molecule has 0 amide bonds. The maximum atomic E-state index is 11.4. The molecule has 0 bridgehead atoms.